The minimum atomic E-state index is -4.56. The van der Waals surface area contributed by atoms with Gasteiger partial charge in [-0.1, -0.05) is 29.8 Å². The predicted octanol–water partition coefficient (Wildman–Crippen LogP) is 6.60. The fourth-order valence-electron chi connectivity index (χ4n) is 4.33. The van der Waals surface area contributed by atoms with Gasteiger partial charge in [-0.2, -0.15) is 13.2 Å². The molecule has 2 aromatic carbocycles. The number of aliphatic hydroxyl groups excluding tert-OH is 1. The van der Waals surface area contributed by atoms with Crippen molar-refractivity contribution in [1.82, 2.24) is 0 Å². The summed E-state index contributed by atoms with van der Waals surface area (Å²) in [5.74, 6) is -0.188. The Bertz CT molecular complexity index is 1010. The minimum absolute atomic E-state index is 0.00259. The molecule has 1 saturated carbocycles. The molecule has 0 aromatic heterocycles. The maximum Gasteiger partial charge on any atom is 0.417 e. The van der Waals surface area contributed by atoms with Crippen molar-refractivity contribution in [3.63, 3.8) is 0 Å². The quantitative estimate of drug-likeness (QED) is 0.609. The van der Waals surface area contributed by atoms with Gasteiger partial charge in [-0.25, -0.2) is 0 Å². The first-order valence-corrected chi connectivity index (χ1v) is 9.50. The summed E-state index contributed by atoms with van der Waals surface area (Å²) in [5.41, 5.74) is 0.992. The highest BCUT2D eigenvalue weighted by molar-refractivity contribution is 6.30. The molecule has 1 fully saturated rings. The van der Waals surface area contributed by atoms with Crippen molar-refractivity contribution >= 4 is 23.0 Å². The summed E-state index contributed by atoms with van der Waals surface area (Å²) >= 11 is 5.78. The number of alkyl halides is 3. The Kier molecular flexibility index (Phi) is 4.53. The Hall–Kier alpha value is -2.27. The molecule has 0 amide bonds. The summed E-state index contributed by atoms with van der Waals surface area (Å²) < 4.78 is 40.6. The lowest BCUT2D eigenvalue weighted by Crippen LogP contribution is -2.21. The molecule has 1 N–H and O–H groups in total. The molecule has 2 aliphatic rings. The van der Waals surface area contributed by atoms with Crippen LogP contribution in [0.2, 0.25) is 5.02 Å². The SMILES string of the molecule is Cc1ccc(-c2ccc(Cl)cc2C(F)(F)F)cc1C1=C(O)[C@@H]2CC[C@@H](C2)C1=O. The molecular weight excluding hydrogens is 389 g/mol. The zero-order valence-electron chi connectivity index (χ0n) is 15.1. The molecule has 0 radical (unpaired) electrons. The lowest BCUT2D eigenvalue weighted by Gasteiger charge is -2.23. The Balaban J connectivity index is 1.89. The third-order valence-corrected chi connectivity index (χ3v) is 6.03. The zero-order chi connectivity index (χ0) is 20.2. The summed E-state index contributed by atoms with van der Waals surface area (Å²) in [6.45, 7) is 1.79. The van der Waals surface area contributed by atoms with Gasteiger partial charge in [-0.15, -0.1) is 0 Å². The van der Waals surface area contributed by atoms with E-state index in [1.165, 1.54) is 12.1 Å². The Morgan fingerprint density at radius 1 is 1.04 bits per heavy atom. The molecule has 146 valence electrons. The van der Waals surface area contributed by atoms with Gasteiger partial charge < -0.3 is 5.11 Å². The van der Waals surface area contributed by atoms with Crippen LogP contribution in [-0.4, -0.2) is 10.9 Å². The van der Waals surface area contributed by atoms with E-state index < -0.39 is 11.7 Å². The van der Waals surface area contributed by atoms with Gasteiger partial charge in [0.15, 0.2) is 5.78 Å². The molecular formula is C22H18ClF3O2. The Labute approximate surface area is 165 Å². The van der Waals surface area contributed by atoms with Crippen LogP contribution in [0.15, 0.2) is 42.2 Å². The van der Waals surface area contributed by atoms with E-state index in [4.69, 9.17) is 11.6 Å². The number of carbonyl (C=O) groups excluding carboxylic acids is 1. The van der Waals surface area contributed by atoms with E-state index in [9.17, 15) is 23.1 Å². The number of hydrogen-bond donors (Lipinski definition) is 1. The van der Waals surface area contributed by atoms with Crippen LogP contribution in [0, 0.1) is 18.8 Å². The second-order valence-corrected chi connectivity index (χ2v) is 7.99. The van der Waals surface area contributed by atoms with Gasteiger partial charge in [0.25, 0.3) is 0 Å². The smallest absolute Gasteiger partial charge is 0.417 e. The molecule has 0 saturated heterocycles. The third-order valence-electron chi connectivity index (χ3n) is 5.80. The molecule has 2 aromatic rings. The number of Topliss-reactive ketones (excluding diaryl/α,β-unsaturated/α-hetero) is 1. The summed E-state index contributed by atoms with van der Waals surface area (Å²) in [7, 11) is 0. The van der Waals surface area contributed by atoms with Gasteiger partial charge in [0.2, 0.25) is 0 Å². The minimum Gasteiger partial charge on any atom is -0.511 e. The van der Waals surface area contributed by atoms with Crippen LogP contribution in [0.4, 0.5) is 13.2 Å². The first kappa shape index (κ1) is 19.1. The van der Waals surface area contributed by atoms with E-state index in [2.05, 4.69) is 0 Å². The molecule has 0 spiro atoms. The highest BCUT2D eigenvalue weighted by Crippen LogP contribution is 2.46. The van der Waals surface area contributed by atoms with Crippen LogP contribution in [0.3, 0.4) is 0 Å². The monoisotopic (exact) mass is 406 g/mol. The fourth-order valence-corrected chi connectivity index (χ4v) is 4.51. The molecule has 0 unspecified atom stereocenters. The van der Waals surface area contributed by atoms with Gasteiger partial charge in [-0.05, 0) is 66.6 Å². The average Bonchev–Trinajstić information content (AvgIpc) is 3.08. The largest absolute Gasteiger partial charge is 0.511 e. The van der Waals surface area contributed by atoms with E-state index in [-0.39, 0.29) is 39.5 Å². The van der Waals surface area contributed by atoms with Gasteiger partial charge in [0.1, 0.15) is 5.76 Å². The molecule has 6 heteroatoms. The molecule has 0 heterocycles. The summed E-state index contributed by atoms with van der Waals surface area (Å²) in [5, 5.41) is 10.6. The number of aryl methyl sites for hydroxylation is 1. The van der Waals surface area contributed by atoms with Crippen molar-refractivity contribution in [3.8, 4) is 11.1 Å². The highest BCUT2D eigenvalue weighted by atomic mass is 35.5. The number of ketones is 1. The van der Waals surface area contributed by atoms with Crippen LogP contribution in [-0.2, 0) is 11.0 Å². The van der Waals surface area contributed by atoms with Crippen molar-refractivity contribution in [1.29, 1.82) is 0 Å². The second-order valence-electron chi connectivity index (χ2n) is 7.55. The van der Waals surface area contributed by atoms with Crippen molar-refractivity contribution in [3.05, 3.63) is 63.9 Å². The zero-order valence-corrected chi connectivity index (χ0v) is 15.9. The Morgan fingerprint density at radius 2 is 1.75 bits per heavy atom. The summed E-state index contributed by atoms with van der Waals surface area (Å²) in [6.07, 6.45) is -2.40. The Morgan fingerprint density at radius 3 is 2.46 bits per heavy atom. The van der Waals surface area contributed by atoms with Crippen LogP contribution < -0.4 is 0 Å². The molecule has 2 atom stereocenters. The van der Waals surface area contributed by atoms with Gasteiger partial charge in [0.05, 0.1) is 11.1 Å². The standard InChI is InChI=1S/C22H18ClF3O2/c1-11-2-3-12(16-7-6-15(23)10-18(16)22(24,25)26)9-17(11)19-20(27)13-4-5-14(8-13)21(19)28/h2-3,6-7,9-10,13-14,27H,4-5,8H2,1H3/t13-,14+/m1/s1. The van der Waals surface area contributed by atoms with Crippen molar-refractivity contribution in [2.24, 2.45) is 11.8 Å². The molecule has 4 rings (SSSR count). The predicted molar refractivity (Wildman–Crippen MR) is 102 cm³/mol. The third kappa shape index (κ3) is 3.12. The number of benzene rings is 2. The molecule has 2 nitrogen and oxygen atoms in total. The van der Waals surface area contributed by atoms with Crippen LogP contribution in [0.5, 0.6) is 0 Å². The van der Waals surface area contributed by atoms with E-state index >= 15 is 0 Å². The number of carbonyl (C=O) groups is 1. The number of hydrogen-bond acceptors (Lipinski definition) is 2. The van der Waals surface area contributed by atoms with Crippen molar-refractivity contribution < 1.29 is 23.1 Å². The van der Waals surface area contributed by atoms with Crippen molar-refractivity contribution in [2.75, 3.05) is 0 Å². The lowest BCUT2D eigenvalue weighted by atomic mass is 9.81. The van der Waals surface area contributed by atoms with E-state index in [1.54, 1.807) is 25.1 Å². The van der Waals surface area contributed by atoms with E-state index in [0.717, 1.165) is 24.5 Å². The number of fused-ring (bicyclic) bond motifs is 2. The van der Waals surface area contributed by atoms with E-state index in [1.807, 2.05) is 0 Å². The number of rotatable bonds is 2. The summed E-state index contributed by atoms with van der Waals surface area (Å²) in [6, 6.07) is 8.50. The topological polar surface area (TPSA) is 37.3 Å². The van der Waals surface area contributed by atoms with Gasteiger partial charge >= 0.3 is 6.18 Å². The first-order chi connectivity index (χ1) is 13.2. The second kappa shape index (κ2) is 6.66. The first-order valence-electron chi connectivity index (χ1n) is 9.12. The molecule has 28 heavy (non-hydrogen) atoms. The van der Waals surface area contributed by atoms with E-state index in [0.29, 0.717) is 17.5 Å². The van der Waals surface area contributed by atoms with Gasteiger partial charge in [0, 0.05) is 16.9 Å². The molecule has 2 aliphatic carbocycles. The maximum atomic E-state index is 13.5. The van der Waals surface area contributed by atoms with Crippen LogP contribution >= 0.6 is 11.6 Å². The van der Waals surface area contributed by atoms with Gasteiger partial charge in [-0.3, -0.25) is 4.79 Å². The summed E-state index contributed by atoms with van der Waals surface area (Å²) in [4.78, 5) is 12.8. The number of aliphatic hydroxyl groups is 1. The highest BCUT2D eigenvalue weighted by Gasteiger charge is 2.41. The fraction of sp³-hybridized carbons (Fsp3) is 0.318. The van der Waals surface area contributed by atoms with Crippen molar-refractivity contribution in [2.45, 2.75) is 32.4 Å². The molecule has 0 aliphatic heterocycles. The number of allylic oxidation sites excluding steroid dienone is 2. The lowest BCUT2D eigenvalue weighted by molar-refractivity contribution is -0.137. The van der Waals surface area contributed by atoms with Crippen LogP contribution in [0.1, 0.15) is 36.0 Å². The number of halogens is 4. The van der Waals surface area contributed by atoms with Crippen LogP contribution in [0.25, 0.3) is 16.7 Å². The normalized spacial score (nSPS) is 22.1. The maximum absolute atomic E-state index is 13.5. The molecule has 2 bridgehead atoms. The average molecular weight is 407 g/mol.